The predicted molar refractivity (Wildman–Crippen MR) is 85.0 cm³/mol. The fourth-order valence-electron chi connectivity index (χ4n) is 3.08. The van der Waals surface area contributed by atoms with E-state index >= 15 is 0 Å². The summed E-state index contributed by atoms with van der Waals surface area (Å²) in [6.07, 6.45) is 5.05. The molecule has 0 amide bonds. The third-order valence-corrected chi connectivity index (χ3v) is 5.97. The first-order chi connectivity index (χ1) is 10.1. The van der Waals surface area contributed by atoms with Crippen LogP contribution in [0.2, 0.25) is 0 Å². The first kappa shape index (κ1) is 14.3. The van der Waals surface area contributed by atoms with Crippen LogP contribution in [0.5, 0.6) is 0 Å². The molecular formula is C18H20O2S. The topological polar surface area (TPSA) is 34.1 Å². The van der Waals surface area contributed by atoms with Crippen LogP contribution in [0.1, 0.15) is 42.7 Å². The van der Waals surface area contributed by atoms with Crippen LogP contribution < -0.4 is 0 Å². The van der Waals surface area contributed by atoms with Gasteiger partial charge in [-0.25, -0.2) is 8.42 Å². The van der Waals surface area contributed by atoms with Crippen LogP contribution in [0.4, 0.5) is 0 Å². The van der Waals surface area contributed by atoms with Gasteiger partial charge in [-0.05, 0) is 42.0 Å². The van der Waals surface area contributed by atoms with E-state index in [2.05, 4.69) is 0 Å². The average molecular weight is 300 g/mol. The molecule has 0 aliphatic heterocycles. The molecule has 0 saturated heterocycles. The van der Waals surface area contributed by atoms with Crippen molar-refractivity contribution < 1.29 is 8.42 Å². The van der Waals surface area contributed by atoms with E-state index in [9.17, 15) is 8.42 Å². The molecule has 0 radical (unpaired) electrons. The Morgan fingerprint density at radius 3 is 2.10 bits per heavy atom. The van der Waals surface area contributed by atoms with Crippen molar-refractivity contribution in [2.45, 2.75) is 42.2 Å². The largest absolute Gasteiger partial charge is 0.223 e. The second-order valence-electron chi connectivity index (χ2n) is 5.80. The second kappa shape index (κ2) is 6.02. The lowest BCUT2D eigenvalue weighted by atomic mass is 9.98. The lowest BCUT2D eigenvalue weighted by molar-refractivity contribution is 0.595. The molecule has 2 aromatic carbocycles. The number of sulfone groups is 1. The van der Waals surface area contributed by atoms with Gasteiger partial charge >= 0.3 is 0 Å². The number of hydrogen-bond acceptors (Lipinski definition) is 2. The average Bonchev–Trinajstić information content (AvgIpc) is 3.02. The lowest BCUT2D eigenvalue weighted by Crippen LogP contribution is -2.05. The fourth-order valence-corrected chi connectivity index (χ4v) is 4.43. The Balaban J connectivity index is 1.79. The van der Waals surface area contributed by atoms with Crippen molar-refractivity contribution in [1.29, 1.82) is 0 Å². The van der Waals surface area contributed by atoms with Crippen molar-refractivity contribution in [3.63, 3.8) is 0 Å². The summed E-state index contributed by atoms with van der Waals surface area (Å²) >= 11 is 0. The van der Waals surface area contributed by atoms with Gasteiger partial charge in [-0.2, -0.15) is 0 Å². The van der Waals surface area contributed by atoms with Crippen LogP contribution in [0, 0.1) is 0 Å². The summed E-state index contributed by atoms with van der Waals surface area (Å²) in [7, 11) is -3.25. The van der Waals surface area contributed by atoms with Crippen molar-refractivity contribution in [2.24, 2.45) is 0 Å². The van der Waals surface area contributed by atoms with Crippen LogP contribution in [0.15, 0.2) is 59.5 Å². The van der Waals surface area contributed by atoms with E-state index in [0.29, 0.717) is 10.8 Å². The minimum Gasteiger partial charge on any atom is -0.223 e. The van der Waals surface area contributed by atoms with Gasteiger partial charge in [0.15, 0.2) is 9.84 Å². The van der Waals surface area contributed by atoms with Crippen molar-refractivity contribution >= 4 is 9.84 Å². The molecule has 3 rings (SSSR count). The molecule has 1 fully saturated rings. The van der Waals surface area contributed by atoms with Gasteiger partial charge < -0.3 is 0 Å². The van der Waals surface area contributed by atoms with Gasteiger partial charge in [0.05, 0.1) is 10.6 Å². The Hall–Kier alpha value is -1.61. The highest BCUT2D eigenvalue weighted by Gasteiger charge is 2.19. The summed E-state index contributed by atoms with van der Waals surface area (Å²) in [5.41, 5.74) is 2.11. The Morgan fingerprint density at radius 2 is 1.48 bits per heavy atom. The number of benzene rings is 2. The summed E-state index contributed by atoms with van der Waals surface area (Å²) in [6, 6.07) is 16.9. The standard InChI is InChI=1S/C18H20O2S/c19-21(20,14-15-6-2-1-3-7-15)18-12-10-17(11-13-18)16-8-4-5-9-16/h1-3,6-7,10-13,16H,4-5,8-9,14H2. The third kappa shape index (κ3) is 3.35. The van der Waals surface area contributed by atoms with E-state index < -0.39 is 9.84 Å². The molecule has 3 heteroatoms. The molecule has 1 aliphatic rings. The van der Waals surface area contributed by atoms with Crippen LogP contribution in [0.25, 0.3) is 0 Å². The fraction of sp³-hybridized carbons (Fsp3) is 0.333. The summed E-state index contributed by atoms with van der Waals surface area (Å²) < 4.78 is 24.9. The van der Waals surface area contributed by atoms with Crippen molar-refractivity contribution in [3.8, 4) is 0 Å². The van der Waals surface area contributed by atoms with E-state index in [1.165, 1.54) is 31.2 Å². The van der Waals surface area contributed by atoms with Gasteiger partial charge in [-0.3, -0.25) is 0 Å². The highest BCUT2D eigenvalue weighted by molar-refractivity contribution is 7.90. The molecule has 2 nitrogen and oxygen atoms in total. The normalized spacial score (nSPS) is 16.2. The summed E-state index contributed by atoms with van der Waals surface area (Å²) in [6.45, 7) is 0. The van der Waals surface area contributed by atoms with Gasteiger partial charge in [-0.1, -0.05) is 55.3 Å². The SMILES string of the molecule is O=S(=O)(Cc1ccccc1)c1ccc(C2CCCC2)cc1. The highest BCUT2D eigenvalue weighted by Crippen LogP contribution is 2.34. The van der Waals surface area contributed by atoms with Crippen LogP contribution in [-0.2, 0) is 15.6 Å². The van der Waals surface area contributed by atoms with E-state index in [-0.39, 0.29) is 5.75 Å². The van der Waals surface area contributed by atoms with Crippen molar-refractivity contribution in [3.05, 3.63) is 65.7 Å². The number of hydrogen-bond donors (Lipinski definition) is 0. The van der Waals surface area contributed by atoms with Crippen molar-refractivity contribution in [1.82, 2.24) is 0 Å². The van der Waals surface area contributed by atoms with Crippen LogP contribution >= 0.6 is 0 Å². The molecule has 21 heavy (non-hydrogen) atoms. The zero-order valence-corrected chi connectivity index (χ0v) is 12.9. The molecule has 1 saturated carbocycles. The summed E-state index contributed by atoms with van der Waals surface area (Å²) in [4.78, 5) is 0.424. The van der Waals surface area contributed by atoms with Gasteiger partial charge in [-0.15, -0.1) is 0 Å². The Kier molecular flexibility index (Phi) is 4.11. The summed E-state index contributed by atoms with van der Waals surface area (Å²) in [5.74, 6) is 0.687. The molecule has 0 unspecified atom stereocenters. The highest BCUT2D eigenvalue weighted by atomic mass is 32.2. The molecule has 2 aromatic rings. The third-order valence-electron chi connectivity index (χ3n) is 4.27. The molecule has 0 spiro atoms. The molecule has 0 N–H and O–H groups in total. The van der Waals surface area contributed by atoms with E-state index in [1.807, 2.05) is 42.5 Å². The molecular weight excluding hydrogens is 280 g/mol. The van der Waals surface area contributed by atoms with Gasteiger partial charge in [0.25, 0.3) is 0 Å². The molecule has 110 valence electrons. The molecule has 0 heterocycles. The van der Waals surface area contributed by atoms with Crippen molar-refractivity contribution in [2.75, 3.05) is 0 Å². The van der Waals surface area contributed by atoms with E-state index in [1.54, 1.807) is 12.1 Å². The predicted octanol–water partition coefficient (Wildman–Crippen LogP) is 4.32. The first-order valence-electron chi connectivity index (χ1n) is 7.52. The summed E-state index contributed by atoms with van der Waals surface area (Å²) in [5, 5.41) is 0. The smallest absolute Gasteiger partial charge is 0.182 e. The molecule has 1 aliphatic carbocycles. The Bertz CT molecular complexity index is 682. The minimum atomic E-state index is -3.25. The lowest BCUT2D eigenvalue weighted by Gasteiger charge is -2.10. The van der Waals surface area contributed by atoms with Gasteiger partial charge in [0.2, 0.25) is 0 Å². The zero-order chi connectivity index (χ0) is 14.7. The quantitative estimate of drug-likeness (QED) is 0.842. The molecule has 0 bridgehead atoms. The Morgan fingerprint density at radius 1 is 0.857 bits per heavy atom. The minimum absolute atomic E-state index is 0.0661. The van der Waals surface area contributed by atoms with E-state index in [4.69, 9.17) is 0 Å². The van der Waals surface area contributed by atoms with Gasteiger partial charge in [0, 0.05) is 0 Å². The van der Waals surface area contributed by atoms with Gasteiger partial charge in [0.1, 0.15) is 0 Å². The maximum atomic E-state index is 12.4. The maximum absolute atomic E-state index is 12.4. The molecule has 0 aromatic heterocycles. The van der Waals surface area contributed by atoms with E-state index in [0.717, 1.165) is 5.56 Å². The monoisotopic (exact) mass is 300 g/mol. The Labute approximate surface area is 126 Å². The van der Waals surface area contributed by atoms with Crippen LogP contribution in [-0.4, -0.2) is 8.42 Å². The number of rotatable bonds is 4. The zero-order valence-electron chi connectivity index (χ0n) is 12.0. The molecule has 0 atom stereocenters. The second-order valence-corrected chi connectivity index (χ2v) is 7.78. The maximum Gasteiger partial charge on any atom is 0.182 e. The first-order valence-corrected chi connectivity index (χ1v) is 9.17. The van der Waals surface area contributed by atoms with Crippen LogP contribution in [0.3, 0.4) is 0 Å².